The van der Waals surface area contributed by atoms with Gasteiger partial charge in [0.15, 0.2) is 5.78 Å². The molecule has 0 aliphatic heterocycles. The number of aromatic nitrogens is 2. The summed E-state index contributed by atoms with van der Waals surface area (Å²) in [6.45, 7) is 7.51. The van der Waals surface area contributed by atoms with Gasteiger partial charge in [-0.1, -0.05) is 0 Å². The van der Waals surface area contributed by atoms with Crippen LogP contribution in [0.3, 0.4) is 0 Å². The summed E-state index contributed by atoms with van der Waals surface area (Å²) in [4.78, 5) is 31.6. The number of Topliss-reactive ketones (excluding diaryl/α,β-unsaturated/α-hetero) is 1. The van der Waals surface area contributed by atoms with E-state index in [0.717, 1.165) is 0 Å². The van der Waals surface area contributed by atoms with Crippen molar-refractivity contribution >= 4 is 23.2 Å². The van der Waals surface area contributed by atoms with Crippen LogP contribution in [0.1, 0.15) is 48.5 Å². The first-order valence-corrected chi connectivity index (χ1v) is 7.27. The van der Waals surface area contributed by atoms with Gasteiger partial charge in [0.05, 0.1) is 0 Å². The molecule has 2 N–H and O–H groups in total. The van der Waals surface area contributed by atoms with E-state index in [1.54, 1.807) is 30.3 Å². The van der Waals surface area contributed by atoms with Crippen LogP contribution in [0.25, 0.3) is 0 Å². The first kappa shape index (κ1) is 16.6. The minimum atomic E-state index is -0.333. The maximum Gasteiger partial charge on any atom is 0.274 e. The summed E-state index contributed by atoms with van der Waals surface area (Å²) in [6, 6.07) is 8.31. The van der Waals surface area contributed by atoms with Crippen molar-refractivity contribution in [1.29, 1.82) is 0 Å². The van der Waals surface area contributed by atoms with Crippen molar-refractivity contribution in [2.75, 3.05) is 10.6 Å². The number of anilines is 2. The molecular formula is C17H20N4O2. The molecule has 0 aliphatic rings. The molecule has 0 saturated heterocycles. The first-order valence-electron chi connectivity index (χ1n) is 7.27. The lowest BCUT2D eigenvalue weighted by molar-refractivity contribution is 0.101. The number of carbonyl (C=O) groups is 2. The summed E-state index contributed by atoms with van der Waals surface area (Å²) in [6.07, 6.45) is 1.35. The zero-order valence-electron chi connectivity index (χ0n) is 13.7. The highest BCUT2D eigenvalue weighted by Gasteiger charge is 2.13. The summed E-state index contributed by atoms with van der Waals surface area (Å²) >= 11 is 0. The van der Waals surface area contributed by atoms with Gasteiger partial charge >= 0.3 is 0 Å². The number of carbonyl (C=O) groups excluding carboxylic acids is 2. The van der Waals surface area contributed by atoms with Gasteiger partial charge < -0.3 is 10.6 Å². The van der Waals surface area contributed by atoms with Crippen LogP contribution in [-0.2, 0) is 0 Å². The predicted molar refractivity (Wildman–Crippen MR) is 89.8 cm³/mol. The second kappa shape index (κ2) is 6.56. The molecule has 0 fully saturated rings. The minimum absolute atomic E-state index is 0.0171. The molecule has 2 rings (SSSR count). The number of nitrogens with zero attached hydrogens (tertiary/aromatic N) is 2. The fourth-order valence-corrected chi connectivity index (χ4v) is 1.92. The van der Waals surface area contributed by atoms with E-state index in [9.17, 15) is 9.59 Å². The van der Waals surface area contributed by atoms with E-state index in [0.29, 0.717) is 17.1 Å². The van der Waals surface area contributed by atoms with E-state index < -0.39 is 0 Å². The van der Waals surface area contributed by atoms with Gasteiger partial charge in [-0.25, -0.2) is 9.97 Å². The van der Waals surface area contributed by atoms with E-state index in [-0.39, 0.29) is 22.9 Å². The second-order valence-corrected chi connectivity index (χ2v) is 6.25. The Balaban J connectivity index is 2.11. The van der Waals surface area contributed by atoms with Gasteiger partial charge in [0, 0.05) is 22.9 Å². The number of rotatable bonds is 4. The Morgan fingerprint density at radius 2 is 1.70 bits per heavy atom. The fourth-order valence-electron chi connectivity index (χ4n) is 1.92. The molecule has 1 heterocycles. The number of benzene rings is 1. The lowest BCUT2D eigenvalue weighted by atomic mass is 10.1. The van der Waals surface area contributed by atoms with Crippen LogP contribution in [0.4, 0.5) is 11.5 Å². The van der Waals surface area contributed by atoms with E-state index in [1.165, 1.54) is 13.3 Å². The van der Waals surface area contributed by atoms with Crippen molar-refractivity contribution in [2.45, 2.75) is 33.2 Å². The maximum absolute atomic E-state index is 12.3. The molecule has 0 unspecified atom stereocenters. The van der Waals surface area contributed by atoms with Gasteiger partial charge in [-0.2, -0.15) is 0 Å². The second-order valence-electron chi connectivity index (χ2n) is 6.25. The smallest absolute Gasteiger partial charge is 0.274 e. The van der Waals surface area contributed by atoms with E-state index in [4.69, 9.17) is 0 Å². The lowest BCUT2D eigenvalue weighted by Gasteiger charge is -2.21. The number of hydrogen-bond donors (Lipinski definition) is 2. The quantitative estimate of drug-likeness (QED) is 0.847. The zero-order chi connectivity index (χ0) is 17.0. The summed E-state index contributed by atoms with van der Waals surface area (Å²) in [5, 5.41) is 5.94. The van der Waals surface area contributed by atoms with Crippen LogP contribution in [0.2, 0.25) is 0 Å². The average molecular weight is 312 g/mol. The average Bonchev–Trinajstić information content (AvgIpc) is 2.46. The molecule has 0 aliphatic carbocycles. The van der Waals surface area contributed by atoms with Crippen LogP contribution in [0.15, 0.2) is 36.7 Å². The Hall–Kier alpha value is -2.76. The van der Waals surface area contributed by atoms with E-state index in [2.05, 4.69) is 20.6 Å². The first-order chi connectivity index (χ1) is 10.7. The molecule has 6 heteroatoms. The fraction of sp³-hybridized carbons (Fsp3) is 0.294. The molecule has 6 nitrogen and oxygen atoms in total. The highest BCUT2D eigenvalue weighted by molar-refractivity contribution is 6.03. The highest BCUT2D eigenvalue weighted by atomic mass is 16.2. The Labute approximate surface area is 135 Å². The topological polar surface area (TPSA) is 84.0 Å². The molecule has 1 aromatic heterocycles. The van der Waals surface area contributed by atoms with Crippen LogP contribution in [0.5, 0.6) is 0 Å². The third-order valence-corrected chi connectivity index (χ3v) is 2.95. The minimum Gasteiger partial charge on any atom is -0.365 e. The third-order valence-electron chi connectivity index (χ3n) is 2.95. The standard InChI is InChI=1S/C17H20N4O2/c1-11(22)12-5-7-13(8-6-12)20-16(23)14-9-15(19-10-18-14)21-17(2,3)4/h5-10H,1-4H3,(H,20,23)(H,18,19,21). The van der Waals surface area contributed by atoms with Crippen molar-refractivity contribution in [2.24, 2.45) is 0 Å². The van der Waals surface area contributed by atoms with Crippen molar-refractivity contribution in [3.8, 4) is 0 Å². The Kier molecular flexibility index (Phi) is 4.74. The summed E-state index contributed by atoms with van der Waals surface area (Å²) < 4.78 is 0. The normalized spacial score (nSPS) is 11.0. The van der Waals surface area contributed by atoms with Gasteiger partial charge in [0.1, 0.15) is 17.8 Å². The number of ketones is 1. The van der Waals surface area contributed by atoms with Crippen LogP contribution in [-0.4, -0.2) is 27.2 Å². The molecule has 1 amide bonds. The largest absolute Gasteiger partial charge is 0.365 e. The molecule has 0 radical (unpaired) electrons. The van der Waals surface area contributed by atoms with Gasteiger partial charge in [-0.15, -0.1) is 0 Å². The Morgan fingerprint density at radius 1 is 1.04 bits per heavy atom. The highest BCUT2D eigenvalue weighted by Crippen LogP contribution is 2.14. The van der Waals surface area contributed by atoms with Crippen LogP contribution in [0, 0.1) is 0 Å². The predicted octanol–water partition coefficient (Wildman–Crippen LogP) is 3.14. The summed E-state index contributed by atoms with van der Waals surface area (Å²) in [5.74, 6) is 0.237. The monoisotopic (exact) mass is 312 g/mol. The van der Waals surface area contributed by atoms with Crippen LogP contribution >= 0.6 is 0 Å². The molecule has 1 aromatic carbocycles. The molecule has 2 aromatic rings. The summed E-state index contributed by atoms with van der Waals surface area (Å²) in [7, 11) is 0. The van der Waals surface area contributed by atoms with E-state index in [1.807, 2.05) is 20.8 Å². The maximum atomic E-state index is 12.3. The molecule has 0 spiro atoms. The molecule has 0 bridgehead atoms. The van der Waals surface area contributed by atoms with E-state index >= 15 is 0 Å². The molecule has 0 saturated carbocycles. The third kappa shape index (κ3) is 4.88. The van der Waals surface area contributed by atoms with Gasteiger partial charge in [0.25, 0.3) is 5.91 Å². The molecule has 23 heavy (non-hydrogen) atoms. The zero-order valence-corrected chi connectivity index (χ0v) is 13.7. The Bertz CT molecular complexity index is 718. The van der Waals surface area contributed by atoms with Crippen molar-refractivity contribution in [1.82, 2.24) is 9.97 Å². The van der Waals surface area contributed by atoms with Crippen molar-refractivity contribution in [3.05, 3.63) is 47.9 Å². The SMILES string of the molecule is CC(=O)c1ccc(NC(=O)c2cc(NC(C)(C)C)ncn2)cc1. The van der Waals surface area contributed by atoms with Crippen molar-refractivity contribution < 1.29 is 9.59 Å². The van der Waals surface area contributed by atoms with Crippen molar-refractivity contribution in [3.63, 3.8) is 0 Å². The van der Waals surface area contributed by atoms with Crippen LogP contribution < -0.4 is 10.6 Å². The molecule has 0 atom stereocenters. The number of hydrogen-bond acceptors (Lipinski definition) is 5. The Morgan fingerprint density at radius 3 is 2.26 bits per heavy atom. The molecule has 120 valence electrons. The molecular weight excluding hydrogens is 292 g/mol. The summed E-state index contributed by atoms with van der Waals surface area (Å²) in [5.41, 5.74) is 1.30. The number of nitrogens with one attached hydrogen (secondary N) is 2. The van der Waals surface area contributed by atoms with Gasteiger partial charge in [-0.3, -0.25) is 9.59 Å². The number of amides is 1. The van der Waals surface area contributed by atoms with Gasteiger partial charge in [-0.05, 0) is 52.0 Å². The van der Waals surface area contributed by atoms with Gasteiger partial charge in [0.2, 0.25) is 0 Å². The lowest BCUT2D eigenvalue weighted by Crippen LogP contribution is -2.27.